The molecule has 0 N–H and O–H groups in total. The van der Waals surface area contributed by atoms with Gasteiger partial charge in [0, 0.05) is 11.1 Å². The van der Waals surface area contributed by atoms with Crippen molar-refractivity contribution in [2.75, 3.05) is 18.6 Å². The van der Waals surface area contributed by atoms with Gasteiger partial charge in [-0.25, -0.2) is 4.90 Å². The van der Waals surface area contributed by atoms with Crippen molar-refractivity contribution in [1.29, 1.82) is 0 Å². The second-order valence-electron chi connectivity index (χ2n) is 7.44. The van der Waals surface area contributed by atoms with E-state index in [0.717, 1.165) is 17.0 Å². The van der Waals surface area contributed by atoms with E-state index in [2.05, 4.69) is 0 Å². The maximum Gasteiger partial charge on any atom is 0.416 e. The number of carbonyl (C=O) groups excluding carboxylic acids is 2. The van der Waals surface area contributed by atoms with E-state index in [1.54, 1.807) is 42.5 Å². The third-order valence-electron chi connectivity index (χ3n) is 5.31. The first kappa shape index (κ1) is 23.1. The van der Waals surface area contributed by atoms with Gasteiger partial charge < -0.3 is 9.47 Å². The Balaban J connectivity index is 1.86. The maximum absolute atomic E-state index is 13.5. The van der Waals surface area contributed by atoms with Gasteiger partial charge in [-0.1, -0.05) is 30.3 Å². The lowest BCUT2D eigenvalue weighted by Crippen LogP contribution is -2.41. The second kappa shape index (κ2) is 9.05. The molecule has 3 aromatic rings. The summed E-state index contributed by atoms with van der Waals surface area (Å²) in [6.45, 7) is 2.22. The van der Waals surface area contributed by atoms with Crippen molar-refractivity contribution in [3.05, 3.63) is 89.0 Å². The van der Waals surface area contributed by atoms with E-state index in [9.17, 15) is 22.8 Å². The first-order valence-corrected chi connectivity index (χ1v) is 10.4. The van der Waals surface area contributed by atoms with Gasteiger partial charge in [0.15, 0.2) is 11.5 Å². The number of fused-ring (bicyclic) bond motifs is 1. The molecule has 0 atom stereocenters. The number of alkyl halides is 3. The van der Waals surface area contributed by atoms with Gasteiger partial charge >= 0.3 is 6.18 Å². The normalized spacial score (nSPS) is 14.9. The molecule has 1 aliphatic heterocycles. The molecule has 1 heterocycles. The lowest BCUT2D eigenvalue weighted by Gasteiger charge is -2.29. The summed E-state index contributed by atoms with van der Waals surface area (Å²) in [4.78, 5) is 27.4. The van der Waals surface area contributed by atoms with Crippen LogP contribution in [0.5, 0.6) is 11.5 Å². The van der Waals surface area contributed by atoms with Gasteiger partial charge in [-0.3, -0.25) is 9.59 Å². The molecule has 5 nitrogen and oxygen atoms in total. The highest BCUT2D eigenvalue weighted by molar-refractivity contribution is 6.43. The zero-order chi connectivity index (χ0) is 24.5. The fourth-order valence-corrected chi connectivity index (χ4v) is 3.77. The minimum atomic E-state index is -4.62. The number of amides is 2. The van der Waals surface area contributed by atoms with Crippen LogP contribution in [0.3, 0.4) is 0 Å². The molecule has 34 heavy (non-hydrogen) atoms. The Morgan fingerprint density at radius 3 is 2.29 bits per heavy atom. The van der Waals surface area contributed by atoms with E-state index >= 15 is 0 Å². The van der Waals surface area contributed by atoms with Crippen molar-refractivity contribution in [3.8, 4) is 11.5 Å². The van der Waals surface area contributed by atoms with Crippen LogP contribution in [-0.4, -0.2) is 25.5 Å². The van der Waals surface area contributed by atoms with Crippen LogP contribution >= 0.6 is 0 Å². The molecule has 0 radical (unpaired) electrons. The lowest BCUT2D eigenvalue weighted by atomic mass is 9.91. The van der Waals surface area contributed by atoms with Crippen molar-refractivity contribution in [2.24, 2.45) is 0 Å². The number of halogens is 3. The van der Waals surface area contributed by atoms with E-state index in [4.69, 9.17) is 9.47 Å². The summed E-state index contributed by atoms with van der Waals surface area (Å²) in [6.07, 6.45) is -3.04. The quantitative estimate of drug-likeness (QED) is 0.350. The number of nitrogens with zero attached hydrogens (tertiary/aromatic N) is 1. The lowest BCUT2D eigenvalue weighted by molar-refractivity contribution is -0.137. The molecule has 0 bridgehead atoms. The van der Waals surface area contributed by atoms with Gasteiger partial charge in [0.1, 0.15) is 0 Å². The largest absolute Gasteiger partial charge is 0.493 e. The number of imide groups is 1. The first-order valence-electron chi connectivity index (χ1n) is 10.4. The predicted molar refractivity (Wildman–Crippen MR) is 122 cm³/mol. The third kappa shape index (κ3) is 4.26. The molecule has 0 fully saturated rings. The third-order valence-corrected chi connectivity index (χ3v) is 5.31. The number of ether oxygens (including phenoxy) is 2. The molecule has 0 saturated carbocycles. The Kier molecular flexibility index (Phi) is 6.15. The van der Waals surface area contributed by atoms with Crippen molar-refractivity contribution >= 4 is 29.2 Å². The molecule has 174 valence electrons. The first-order chi connectivity index (χ1) is 16.2. The Bertz CT molecular complexity index is 1300. The number of anilines is 1. The van der Waals surface area contributed by atoms with Crippen LogP contribution in [0.4, 0.5) is 18.9 Å². The van der Waals surface area contributed by atoms with Gasteiger partial charge in [0.2, 0.25) is 0 Å². The number of carbonyl (C=O) groups is 2. The highest BCUT2D eigenvalue weighted by Crippen LogP contribution is 2.37. The molecule has 0 spiro atoms. The summed E-state index contributed by atoms with van der Waals surface area (Å²) >= 11 is 0. The number of rotatable bonds is 5. The maximum atomic E-state index is 13.5. The predicted octanol–water partition coefficient (Wildman–Crippen LogP) is 5.84. The van der Waals surface area contributed by atoms with Crippen LogP contribution in [0.2, 0.25) is 0 Å². The van der Waals surface area contributed by atoms with Crippen molar-refractivity contribution in [2.45, 2.75) is 13.1 Å². The van der Waals surface area contributed by atoms with Gasteiger partial charge in [0.25, 0.3) is 11.8 Å². The van der Waals surface area contributed by atoms with Crippen LogP contribution in [0.1, 0.15) is 34.0 Å². The van der Waals surface area contributed by atoms with Gasteiger partial charge in [-0.05, 0) is 60.5 Å². The topological polar surface area (TPSA) is 55.8 Å². The fraction of sp³-hybridized carbons (Fsp3) is 0.154. The standard InChI is InChI=1S/C26H20F3NO4/c1-3-34-23-14-16(11-12-22(23)33-2)13-21-19-9-4-5-10-20(19)24(31)30(25(21)32)18-8-6-7-17(15-18)26(27,28)29/h4-15H,3H2,1-2H3/b21-13-. The Morgan fingerprint density at radius 1 is 0.882 bits per heavy atom. The van der Waals surface area contributed by atoms with Crippen LogP contribution in [0, 0.1) is 0 Å². The summed E-state index contributed by atoms with van der Waals surface area (Å²) in [6, 6.07) is 15.7. The molecule has 4 rings (SSSR count). The average molecular weight is 467 g/mol. The molecule has 0 unspecified atom stereocenters. The van der Waals surface area contributed by atoms with E-state index in [0.29, 0.717) is 29.2 Å². The molecule has 0 aliphatic carbocycles. The summed E-state index contributed by atoms with van der Waals surface area (Å²) in [5, 5.41) is 0. The minimum absolute atomic E-state index is 0.157. The smallest absolute Gasteiger partial charge is 0.416 e. The molecule has 1 aliphatic rings. The zero-order valence-corrected chi connectivity index (χ0v) is 18.3. The monoisotopic (exact) mass is 467 g/mol. The Labute approximate surface area is 194 Å². The molecular formula is C26H20F3NO4. The summed E-state index contributed by atoms with van der Waals surface area (Å²) in [7, 11) is 1.51. The number of hydrogen-bond donors (Lipinski definition) is 0. The average Bonchev–Trinajstić information content (AvgIpc) is 2.82. The highest BCUT2D eigenvalue weighted by atomic mass is 19.4. The van der Waals surface area contributed by atoms with Gasteiger partial charge in [0.05, 0.1) is 25.0 Å². The molecule has 0 saturated heterocycles. The molecule has 3 aromatic carbocycles. The van der Waals surface area contributed by atoms with E-state index < -0.39 is 23.6 Å². The van der Waals surface area contributed by atoms with Crippen LogP contribution in [-0.2, 0) is 11.0 Å². The van der Waals surface area contributed by atoms with Gasteiger partial charge in [-0.2, -0.15) is 13.2 Å². The van der Waals surface area contributed by atoms with E-state index in [-0.39, 0.29) is 16.8 Å². The van der Waals surface area contributed by atoms with Crippen LogP contribution in [0.25, 0.3) is 11.6 Å². The minimum Gasteiger partial charge on any atom is -0.493 e. The number of benzene rings is 3. The SMILES string of the molecule is CCOc1cc(/C=C2\C(=O)N(c3cccc(C(F)(F)F)c3)C(=O)c3ccccc32)ccc1OC. The fourth-order valence-electron chi connectivity index (χ4n) is 3.77. The molecule has 0 aromatic heterocycles. The van der Waals surface area contributed by atoms with E-state index in [1.165, 1.54) is 25.3 Å². The van der Waals surface area contributed by atoms with Crippen LogP contribution < -0.4 is 14.4 Å². The van der Waals surface area contributed by atoms with Crippen molar-refractivity contribution in [3.63, 3.8) is 0 Å². The highest BCUT2D eigenvalue weighted by Gasteiger charge is 2.37. The zero-order valence-electron chi connectivity index (χ0n) is 18.3. The van der Waals surface area contributed by atoms with Crippen molar-refractivity contribution in [1.82, 2.24) is 0 Å². The Morgan fingerprint density at radius 2 is 1.62 bits per heavy atom. The van der Waals surface area contributed by atoms with Gasteiger partial charge in [-0.15, -0.1) is 0 Å². The summed E-state index contributed by atoms with van der Waals surface area (Å²) in [5.41, 5.74) is 0.265. The van der Waals surface area contributed by atoms with Crippen molar-refractivity contribution < 1.29 is 32.2 Å². The molecule has 8 heteroatoms. The van der Waals surface area contributed by atoms with Crippen LogP contribution in [0.15, 0.2) is 66.7 Å². The molecular weight excluding hydrogens is 447 g/mol. The number of methoxy groups -OCH3 is 1. The number of hydrogen-bond acceptors (Lipinski definition) is 4. The summed E-state index contributed by atoms with van der Waals surface area (Å²) < 4.78 is 50.7. The molecule has 2 amide bonds. The second-order valence-corrected chi connectivity index (χ2v) is 7.44. The summed E-state index contributed by atoms with van der Waals surface area (Å²) in [5.74, 6) is -0.430. The Hall–Kier alpha value is -4.07. The van der Waals surface area contributed by atoms with E-state index in [1.807, 2.05) is 6.92 Å².